The minimum absolute atomic E-state index is 0. The minimum atomic E-state index is -0.208. The number of ether oxygens (including phenoxy) is 1. The van der Waals surface area contributed by atoms with E-state index < -0.39 is 0 Å². The average Bonchev–Trinajstić information content (AvgIpc) is 2.38. The van der Waals surface area contributed by atoms with Crippen LogP contribution in [-0.2, 0) is 9.53 Å². The molecule has 6 heteroatoms. The second-order valence-electron chi connectivity index (χ2n) is 4.79. The van der Waals surface area contributed by atoms with Crippen molar-refractivity contribution in [2.75, 3.05) is 39.4 Å². The fourth-order valence-corrected chi connectivity index (χ4v) is 2.41. The minimum Gasteiger partial charge on any atom is -0.466 e. The van der Waals surface area contributed by atoms with Crippen LogP contribution in [0.4, 0.5) is 0 Å². The highest BCUT2D eigenvalue weighted by molar-refractivity contribution is 5.85. The summed E-state index contributed by atoms with van der Waals surface area (Å²) in [7, 11) is 0. The Morgan fingerprint density at radius 3 is 2.58 bits per heavy atom. The number of nitrogens with zero attached hydrogens (tertiary/aromatic N) is 1. The molecule has 1 rings (SSSR count). The zero-order valence-electron chi connectivity index (χ0n) is 11.8. The Labute approximate surface area is 122 Å². The Morgan fingerprint density at radius 2 is 2.00 bits per heavy atom. The van der Waals surface area contributed by atoms with Crippen molar-refractivity contribution < 1.29 is 14.6 Å². The summed E-state index contributed by atoms with van der Waals surface area (Å²) >= 11 is 0. The second kappa shape index (κ2) is 11.5. The normalized spacial score (nSPS) is 16.2. The molecule has 19 heavy (non-hydrogen) atoms. The summed E-state index contributed by atoms with van der Waals surface area (Å²) in [4.78, 5) is 13.0. The van der Waals surface area contributed by atoms with E-state index in [4.69, 9.17) is 9.84 Å². The predicted molar refractivity (Wildman–Crippen MR) is 77.7 cm³/mol. The van der Waals surface area contributed by atoms with Crippen molar-refractivity contribution in [3.8, 4) is 0 Å². The molecular formula is C13H27ClN2O3. The molecule has 0 unspecified atom stereocenters. The predicted octanol–water partition coefficient (Wildman–Crippen LogP) is 0.798. The van der Waals surface area contributed by atoms with Crippen molar-refractivity contribution in [3.05, 3.63) is 0 Å². The smallest absolute Gasteiger partial charge is 0.302 e. The van der Waals surface area contributed by atoms with Gasteiger partial charge in [-0.15, -0.1) is 12.4 Å². The molecule has 0 aromatic heterocycles. The van der Waals surface area contributed by atoms with Crippen LogP contribution in [0.15, 0.2) is 0 Å². The molecule has 2 N–H and O–H groups in total. The second-order valence-corrected chi connectivity index (χ2v) is 4.79. The van der Waals surface area contributed by atoms with Gasteiger partial charge < -0.3 is 15.2 Å². The van der Waals surface area contributed by atoms with Crippen LogP contribution in [0, 0.1) is 0 Å². The van der Waals surface area contributed by atoms with Gasteiger partial charge in [0.05, 0.1) is 13.2 Å². The van der Waals surface area contributed by atoms with E-state index in [1.165, 1.54) is 6.92 Å². The average molecular weight is 295 g/mol. The summed E-state index contributed by atoms with van der Waals surface area (Å²) in [6.07, 6.45) is 4.22. The van der Waals surface area contributed by atoms with Gasteiger partial charge in [0, 0.05) is 19.5 Å². The molecule has 1 fully saturated rings. The van der Waals surface area contributed by atoms with Gasteiger partial charge in [0.1, 0.15) is 0 Å². The van der Waals surface area contributed by atoms with Crippen LogP contribution in [0.25, 0.3) is 0 Å². The van der Waals surface area contributed by atoms with Crippen LogP contribution in [-0.4, -0.2) is 61.4 Å². The number of rotatable bonds is 8. The van der Waals surface area contributed by atoms with Crippen molar-refractivity contribution in [2.24, 2.45) is 0 Å². The number of piperidine rings is 1. The number of aliphatic hydroxyl groups excluding tert-OH is 1. The van der Waals surface area contributed by atoms with Gasteiger partial charge in [0.25, 0.3) is 0 Å². The summed E-state index contributed by atoms with van der Waals surface area (Å²) in [6, 6.07) is 0.590. The number of unbranched alkanes of at least 4 members (excludes halogenated alkanes) is 1. The molecule has 0 aliphatic carbocycles. The highest BCUT2D eigenvalue weighted by Gasteiger charge is 2.19. The van der Waals surface area contributed by atoms with Gasteiger partial charge in [0.15, 0.2) is 0 Å². The highest BCUT2D eigenvalue weighted by atomic mass is 35.5. The molecular weight excluding hydrogens is 268 g/mol. The van der Waals surface area contributed by atoms with E-state index in [2.05, 4.69) is 10.2 Å². The largest absolute Gasteiger partial charge is 0.466 e. The molecule has 0 radical (unpaired) electrons. The highest BCUT2D eigenvalue weighted by Crippen LogP contribution is 2.12. The molecule has 1 saturated heterocycles. The Morgan fingerprint density at radius 1 is 1.32 bits per heavy atom. The van der Waals surface area contributed by atoms with Crippen molar-refractivity contribution in [1.29, 1.82) is 0 Å². The van der Waals surface area contributed by atoms with Crippen molar-refractivity contribution in [2.45, 2.75) is 38.6 Å². The van der Waals surface area contributed by atoms with Gasteiger partial charge in [0.2, 0.25) is 0 Å². The Bertz CT molecular complexity index is 236. The molecule has 0 saturated carbocycles. The third-order valence-electron chi connectivity index (χ3n) is 3.36. The molecule has 0 amide bonds. The van der Waals surface area contributed by atoms with Crippen molar-refractivity contribution in [1.82, 2.24) is 10.2 Å². The summed E-state index contributed by atoms with van der Waals surface area (Å²) < 4.78 is 4.91. The van der Waals surface area contributed by atoms with Crippen LogP contribution in [0.5, 0.6) is 0 Å². The van der Waals surface area contributed by atoms with Crippen LogP contribution in [0.2, 0.25) is 0 Å². The first-order chi connectivity index (χ1) is 8.74. The standard InChI is InChI=1S/C13H26N2O3.ClH/c1-12(17)18-11-3-2-8-15(9-10-16)13-4-6-14-7-5-13;/h13-14,16H,2-11H2,1H3;1H. The summed E-state index contributed by atoms with van der Waals surface area (Å²) in [5, 5.41) is 12.5. The SMILES string of the molecule is CC(=O)OCCCCN(CCO)C1CCNCC1.Cl. The lowest BCUT2D eigenvalue weighted by Gasteiger charge is -2.34. The number of aliphatic hydroxyl groups is 1. The number of esters is 1. The van der Waals surface area contributed by atoms with Gasteiger partial charge in [-0.3, -0.25) is 9.69 Å². The third kappa shape index (κ3) is 8.42. The lowest BCUT2D eigenvalue weighted by molar-refractivity contribution is -0.141. The molecule has 0 aromatic carbocycles. The molecule has 0 atom stereocenters. The quantitative estimate of drug-likeness (QED) is 0.512. The maximum atomic E-state index is 10.6. The van der Waals surface area contributed by atoms with Gasteiger partial charge in [-0.1, -0.05) is 0 Å². The maximum Gasteiger partial charge on any atom is 0.302 e. The number of nitrogens with one attached hydrogen (secondary N) is 1. The van der Waals surface area contributed by atoms with E-state index in [1.807, 2.05) is 0 Å². The van der Waals surface area contributed by atoms with Crippen LogP contribution < -0.4 is 5.32 Å². The Balaban J connectivity index is 0.00000324. The lowest BCUT2D eigenvalue weighted by Crippen LogP contribution is -2.44. The summed E-state index contributed by atoms with van der Waals surface area (Å²) in [5.41, 5.74) is 0. The van der Waals surface area contributed by atoms with E-state index >= 15 is 0 Å². The molecule has 0 bridgehead atoms. The van der Waals surface area contributed by atoms with Crippen molar-refractivity contribution in [3.63, 3.8) is 0 Å². The molecule has 1 aliphatic rings. The molecule has 1 aliphatic heterocycles. The molecule has 1 heterocycles. The van der Waals surface area contributed by atoms with Gasteiger partial charge in [-0.2, -0.15) is 0 Å². The Hall–Kier alpha value is -0.360. The fraction of sp³-hybridized carbons (Fsp3) is 0.923. The summed E-state index contributed by atoms with van der Waals surface area (Å²) in [5.74, 6) is -0.208. The van der Waals surface area contributed by atoms with E-state index in [-0.39, 0.29) is 25.0 Å². The molecule has 5 nitrogen and oxygen atoms in total. The third-order valence-corrected chi connectivity index (χ3v) is 3.36. The van der Waals surface area contributed by atoms with E-state index in [0.29, 0.717) is 12.6 Å². The first kappa shape index (κ1) is 18.6. The van der Waals surface area contributed by atoms with Crippen molar-refractivity contribution >= 4 is 18.4 Å². The van der Waals surface area contributed by atoms with Gasteiger partial charge in [-0.05, 0) is 45.3 Å². The monoisotopic (exact) mass is 294 g/mol. The lowest BCUT2D eigenvalue weighted by atomic mass is 10.0. The number of carbonyl (C=O) groups excluding carboxylic acids is 1. The zero-order valence-corrected chi connectivity index (χ0v) is 12.6. The number of carbonyl (C=O) groups is 1. The fourth-order valence-electron chi connectivity index (χ4n) is 2.41. The number of halogens is 1. The number of hydrogen-bond donors (Lipinski definition) is 2. The first-order valence-corrected chi connectivity index (χ1v) is 6.93. The van der Waals surface area contributed by atoms with Crippen LogP contribution >= 0.6 is 12.4 Å². The zero-order chi connectivity index (χ0) is 13.2. The summed E-state index contributed by atoms with van der Waals surface area (Å²) in [6.45, 7) is 6.03. The molecule has 0 aromatic rings. The van der Waals surface area contributed by atoms with E-state index in [1.54, 1.807) is 0 Å². The number of hydrogen-bond acceptors (Lipinski definition) is 5. The van der Waals surface area contributed by atoms with Gasteiger partial charge in [-0.25, -0.2) is 0 Å². The van der Waals surface area contributed by atoms with E-state index in [0.717, 1.165) is 51.9 Å². The Kier molecular flexibility index (Phi) is 11.2. The molecule has 0 spiro atoms. The van der Waals surface area contributed by atoms with Gasteiger partial charge >= 0.3 is 5.97 Å². The molecule has 114 valence electrons. The van der Waals surface area contributed by atoms with Crippen LogP contribution in [0.1, 0.15) is 32.6 Å². The maximum absolute atomic E-state index is 10.6. The van der Waals surface area contributed by atoms with Crippen LogP contribution in [0.3, 0.4) is 0 Å². The first-order valence-electron chi connectivity index (χ1n) is 6.93. The van der Waals surface area contributed by atoms with E-state index in [9.17, 15) is 4.79 Å². The topological polar surface area (TPSA) is 61.8 Å².